The van der Waals surface area contributed by atoms with E-state index in [1.165, 1.54) is 54.3 Å². The van der Waals surface area contributed by atoms with Crippen LogP contribution in [0.3, 0.4) is 0 Å². The minimum Gasteiger partial charge on any atom is -0.455 e. The van der Waals surface area contributed by atoms with Crippen LogP contribution in [-0.4, -0.2) is 4.57 Å². The molecule has 2 aromatic heterocycles. The van der Waals surface area contributed by atoms with E-state index in [0.29, 0.717) is 0 Å². The van der Waals surface area contributed by atoms with Crippen molar-refractivity contribution in [1.29, 1.82) is 0 Å². The number of aromatic nitrogens is 1. The molecule has 12 aromatic carbocycles. The normalized spacial score (nSPS) is 11.8. The zero-order valence-corrected chi connectivity index (χ0v) is 37.6. The third-order valence-corrected chi connectivity index (χ3v) is 14.1. The zero-order valence-electron chi connectivity index (χ0n) is 37.6. The number of anilines is 3. The van der Waals surface area contributed by atoms with Crippen LogP contribution in [-0.2, 0) is 0 Å². The van der Waals surface area contributed by atoms with Crippen molar-refractivity contribution in [2.75, 3.05) is 4.90 Å². The summed E-state index contributed by atoms with van der Waals surface area (Å²) in [5.41, 5.74) is 15.5. The first-order valence-electron chi connectivity index (χ1n) is 23.7. The maximum absolute atomic E-state index is 6.59. The molecular weight excluding hydrogens is 837 g/mol. The van der Waals surface area contributed by atoms with Gasteiger partial charge in [-0.3, -0.25) is 0 Å². The third kappa shape index (κ3) is 6.36. The van der Waals surface area contributed by atoms with Crippen molar-refractivity contribution in [2.45, 2.75) is 0 Å². The predicted octanol–water partition coefficient (Wildman–Crippen LogP) is 18.6. The van der Waals surface area contributed by atoms with Crippen LogP contribution >= 0.6 is 0 Å². The Balaban J connectivity index is 0.926. The molecule has 3 nitrogen and oxygen atoms in total. The van der Waals surface area contributed by atoms with Gasteiger partial charge in [-0.2, -0.15) is 0 Å². The van der Waals surface area contributed by atoms with E-state index in [0.717, 1.165) is 77.9 Å². The van der Waals surface area contributed by atoms with Gasteiger partial charge in [0.2, 0.25) is 0 Å². The van der Waals surface area contributed by atoms with Gasteiger partial charge in [0.25, 0.3) is 0 Å². The Kier molecular flexibility index (Phi) is 8.90. The van der Waals surface area contributed by atoms with Gasteiger partial charge < -0.3 is 13.9 Å². The van der Waals surface area contributed by atoms with Crippen molar-refractivity contribution >= 4 is 93.1 Å². The highest BCUT2D eigenvalue weighted by molar-refractivity contribution is 6.16. The molecular formula is C66H42N2O. The minimum atomic E-state index is 0.882. The fourth-order valence-corrected chi connectivity index (χ4v) is 10.9. The molecule has 0 aliphatic rings. The van der Waals surface area contributed by atoms with Crippen LogP contribution in [0.1, 0.15) is 0 Å². The molecule has 69 heavy (non-hydrogen) atoms. The summed E-state index contributed by atoms with van der Waals surface area (Å²) in [6.07, 6.45) is 0. The number of para-hydroxylation sites is 3. The molecule has 0 aliphatic heterocycles. The lowest BCUT2D eigenvalue weighted by molar-refractivity contribution is 0.672. The molecule has 0 radical (unpaired) electrons. The van der Waals surface area contributed by atoms with E-state index in [2.05, 4.69) is 264 Å². The van der Waals surface area contributed by atoms with Crippen molar-refractivity contribution in [1.82, 2.24) is 4.57 Å². The van der Waals surface area contributed by atoms with Crippen molar-refractivity contribution in [3.63, 3.8) is 0 Å². The van der Waals surface area contributed by atoms with Crippen LogP contribution < -0.4 is 4.90 Å². The van der Waals surface area contributed by atoms with Crippen LogP contribution in [0.4, 0.5) is 17.1 Å². The SMILES string of the molecule is c1cc(-c2cc3ccccc3c3ccccc23)cc(N(c2ccc(-c3cccc(-n4c5ccccc5c5ccccc54)c3)cc2)c2ccccc2-c2ccc3oc4c5ccccc5ccc4c3c2)c1. The smallest absolute Gasteiger partial charge is 0.143 e. The fraction of sp³-hybridized carbons (Fsp3) is 0. The van der Waals surface area contributed by atoms with Gasteiger partial charge in [-0.25, -0.2) is 0 Å². The summed E-state index contributed by atoms with van der Waals surface area (Å²) in [6.45, 7) is 0. The molecule has 0 unspecified atom stereocenters. The molecule has 0 bridgehead atoms. The molecule has 0 fully saturated rings. The van der Waals surface area contributed by atoms with E-state index in [4.69, 9.17) is 4.42 Å². The number of furan rings is 1. The minimum absolute atomic E-state index is 0.882. The molecule has 2 heterocycles. The Bertz CT molecular complexity index is 4270. The molecule has 3 heteroatoms. The first kappa shape index (κ1) is 39.0. The molecule has 14 aromatic rings. The highest BCUT2D eigenvalue weighted by Gasteiger charge is 2.21. The van der Waals surface area contributed by atoms with E-state index >= 15 is 0 Å². The average Bonchev–Trinajstić information content (AvgIpc) is 3.97. The van der Waals surface area contributed by atoms with Gasteiger partial charge in [0.05, 0.1) is 16.7 Å². The first-order valence-corrected chi connectivity index (χ1v) is 23.7. The van der Waals surface area contributed by atoms with Crippen LogP contribution in [0, 0.1) is 0 Å². The number of nitrogens with zero attached hydrogens (tertiary/aromatic N) is 2. The van der Waals surface area contributed by atoms with Gasteiger partial charge in [-0.1, -0.05) is 176 Å². The van der Waals surface area contributed by atoms with Gasteiger partial charge in [0.15, 0.2) is 0 Å². The van der Waals surface area contributed by atoms with E-state index in [1.54, 1.807) is 0 Å². The lowest BCUT2D eigenvalue weighted by atomic mass is 9.93. The van der Waals surface area contributed by atoms with Gasteiger partial charge in [-0.05, 0) is 134 Å². The quantitative estimate of drug-likeness (QED) is 0.149. The van der Waals surface area contributed by atoms with Gasteiger partial charge in [0.1, 0.15) is 11.2 Å². The number of hydrogen-bond acceptors (Lipinski definition) is 2. The molecule has 0 aliphatic carbocycles. The van der Waals surface area contributed by atoms with Crippen molar-refractivity contribution in [2.24, 2.45) is 0 Å². The summed E-state index contributed by atoms with van der Waals surface area (Å²) in [6, 6.07) is 92.6. The number of hydrogen-bond donors (Lipinski definition) is 0. The lowest BCUT2D eigenvalue weighted by Crippen LogP contribution is -2.11. The topological polar surface area (TPSA) is 21.3 Å². The van der Waals surface area contributed by atoms with E-state index in [1.807, 2.05) is 0 Å². The van der Waals surface area contributed by atoms with E-state index in [-0.39, 0.29) is 0 Å². The Labute approximate surface area is 399 Å². The van der Waals surface area contributed by atoms with Crippen LogP contribution in [0.15, 0.2) is 259 Å². The third-order valence-electron chi connectivity index (χ3n) is 14.1. The van der Waals surface area contributed by atoms with Crippen molar-refractivity contribution < 1.29 is 4.42 Å². The zero-order chi connectivity index (χ0) is 45.4. The predicted molar refractivity (Wildman–Crippen MR) is 292 cm³/mol. The van der Waals surface area contributed by atoms with Crippen LogP contribution in [0.5, 0.6) is 0 Å². The average molecular weight is 879 g/mol. The highest BCUT2D eigenvalue weighted by Crippen LogP contribution is 2.45. The lowest BCUT2D eigenvalue weighted by Gasteiger charge is -2.28. The monoisotopic (exact) mass is 878 g/mol. The second-order valence-corrected chi connectivity index (χ2v) is 18.0. The van der Waals surface area contributed by atoms with Gasteiger partial charge in [0, 0.05) is 49.6 Å². The number of benzene rings is 12. The molecule has 0 saturated heterocycles. The molecule has 0 atom stereocenters. The van der Waals surface area contributed by atoms with Crippen molar-refractivity contribution in [3.05, 3.63) is 255 Å². The van der Waals surface area contributed by atoms with Crippen LogP contribution in [0.2, 0.25) is 0 Å². The molecule has 322 valence electrons. The maximum Gasteiger partial charge on any atom is 0.143 e. The Morgan fingerprint density at radius 3 is 1.74 bits per heavy atom. The first-order chi connectivity index (χ1) is 34.2. The summed E-state index contributed by atoms with van der Waals surface area (Å²) >= 11 is 0. The summed E-state index contributed by atoms with van der Waals surface area (Å²) in [7, 11) is 0. The Morgan fingerprint density at radius 2 is 0.928 bits per heavy atom. The Hall–Kier alpha value is -9.18. The molecule has 14 rings (SSSR count). The van der Waals surface area contributed by atoms with E-state index < -0.39 is 0 Å². The largest absolute Gasteiger partial charge is 0.455 e. The summed E-state index contributed by atoms with van der Waals surface area (Å²) in [5.74, 6) is 0. The summed E-state index contributed by atoms with van der Waals surface area (Å²) < 4.78 is 8.98. The van der Waals surface area contributed by atoms with Crippen molar-refractivity contribution in [3.8, 4) is 39.1 Å². The Morgan fingerprint density at radius 1 is 0.304 bits per heavy atom. The van der Waals surface area contributed by atoms with Gasteiger partial charge >= 0.3 is 0 Å². The molecule has 0 spiro atoms. The molecule has 0 amide bonds. The second-order valence-electron chi connectivity index (χ2n) is 18.0. The summed E-state index contributed by atoms with van der Waals surface area (Å²) in [5, 5.41) is 12.0. The van der Waals surface area contributed by atoms with Crippen LogP contribution in [0.25, 0.3) is 115 Å². The number of fused-ring (bicyclic) bond motifs is 11. The number of rotatable bonds is 7. The van der Waals surface area contributed by atoms with E-state index in [9.17, 15) is 0 Å². The standard InChI is InChI=1S/C66H42N2O/c1-4-23-54-44(15-1)33-37-59-61-42-48(34-38-65(61)69-66(54)59)53-22-7-10-28-62(53)67(50-19-14-18-46(40-50)60-41-47-16-2-3-21-52(47)55-24-5-6-25-56(55)60)49-35-31-43(32-36-49)45-17-13-20-51(39-45)68-63-29-11-8-26-57(63)58-27-9-12-30-64(58)68/h1-42H. The summed E-state index contributed by atoms with van der Waals surface area (Å²) in [4.78, 5) is 2.42. The molecule has 0 N–H and O–H groups in total. The second kappa shape index (κ2) is 15.7. The molecule has 0 saturated carbocycles. The van der Waals surface area contributed by atoms with Gasteiger partial charge in [-0.15, -0.1) is 0 Å². The highest BCUT2D eigenvalue weighted by atomic mass is 16.3. The maximum atomic E-state index is 6.59. The fourth-order valence-electron chi connectivity index (χ4n) is 10.9.